The number of anilines is 2. The molecule has 0 saturated carbocycles. The second kappa shape index (κ2) is 6.20. The van der Waals surface area contributed by atoms with Crippen molar-refractivity contribution >= 4 is 17.3 Å². The fourth-order valence-electron chi connectivity index (χ4n) is 1.69. The van der Waals surface area contributed by atoms with E-state index in [9.17, 15) is 9.18 Å². The fraction of sp³-hybridized carbons (Fsp3) is 0.417. The minimum absolute atomic E-state index is 0.265. The molecule has 4 N–H and O–H groups in total. The Morgan fingerprint density at radius 3 is 2.78 bits per heavy atom. The molecular formula is C12H18FN3O2. The molecule has 0 aromatic heterocycles. The Kier molecular flexibility index (Phi) is 4.91. The molecule has 0 heterocycles. The molecule has 100 valence electrons. The van der Waals surface area contributed by atoms with Crippen LogP contribution in [0.5, 0.6) is 0 Å². The van der Waals surface area contributed by atoms with Gasteiger partial charge in [-0.3, -0.25) is 0 Å². The van der Waals surface area contributed by atoms with Crippen LogP contribution in [0.2, 0.25) is 0 Å². The highest BCUT2D eigenvalue weighted by atomic mass is 19.1. The second-order valence-electron chi connectivity index (χ2n) is 4.07. The maximum absolute atomic E-state index is 13.6. The first-order valence-corrected chi connectivity index (χ1v) is 5.65. The number of carbonyl (C=O) groups is 1. The van der Waals surface area contributed by atoms with E-state index in [1.54, 1.807) is 11.9 Å². The maximum Gasteiger partial charge on any atom is 0.338 e. The molecular weight excluding hydrogens is 237 g/mol. The monoisotopic (exact) mass is 255 g/mol. The number of benzene rings is 1. The van der Waals surface area contributed by atoms with Gasteiger partial charge in [-0.15, -0.1) is 0 Å². The molecule has 0 spiro atoms. The molecule has 1 rings (SSSR count). The summed E-state index contributed by atoms with van der Waals surface area (Å²) in [4.78, 5) is 12.6. The third kappa shape index (κ3) is 3.33. The smallest absolute Gasteiger partial charge is 0.338 e. The highest BCUT2D eigenvalue weighted by molar-refractivity contribution is 5.90. The normalized spacial score (nSPS) is 10.4. The zero-order chi connectivity index (χ0) is 13.7. The Morgan fingerprint density at radius 2 is 2.22 bits per heavy atom. The van der Waals surface area contributed by atoms with Crippen molar-refractivity contribution in [3.05, 3.63) is 23.5 Å². The van der Waals surface area contributed by atoms with Gasteiger partial charge >= 0.3 is 5.97 Å². The lowest BCUT2D eigenvalue weighted by molar-refractivity contribution is 0.0692. The fourth-order valence-corrected chi connectivity index (χ4v) is 1.69. The molecule has 0 unspecified atom stereocenters. The Bertz CT molecular complexity index is 438. The maximum atomic E-state index is 13.6. The summed E-state index contributed by atoms with van der Waals surface area (Å²) in [7, 11) is 3.65. The Morgan fingerprint density at radius 1 is 1.56 bits per heavy atom. The van der Waals surface area contributed by atoms with Gasteiger partial charge in [0.1, 0.15) is 5.82 Å². The van der Waals surface area contributed by atoms with Gasteiger partial charge < -0.3 is 21.1 Å². The number of nitrogens with two attached hydrogens (primary N) is 1. The van der Waals surface area contributed by atoms with Crippen LogP contribution in [0, 0.1) is 5.82 Å². The van der Waals surface area contributed by atoms with Crippen LogP contribution in [-0.2, 0) is 0 Å². The van der Waals surface area contributed by atoms with Crippen molar-refractivity contribution < 1.29 is 14.3 Å². The van der Waals surface area contributed by atoms with Gasteiger partial charge in [-0.25, -0.2) is 9.18 Å². The van der Waals surface area contributed by atoms with Gasteiger partial charge in [0, 0.05) is 19.7 Å². The number of carboxylic acid groups (broad SMARTS) is 1. The molecule has 0 aliphatic carbocycles. The summed E-state index contributed by atoms with van der Waals surface area (Å²) in [5.74, 6) is -2.09. The summed E-state index contributed by atoms with van der Waals surface area (Å²) in [6.07, 6.45) is 0.884. The van der Waals surface area contributed by atoms with E-state index in [-0.39, 0.29) is 5.69 Å². The van der Waals surface area contributed by atoms with Crippen LogP contribution in [0.25, 0.3) is 0 Å². The summed E-state index contributed by atoms with van der Waals surface area (Å²) < 4.78 is 13.6. The standard InChI is InChI=1S/C12H18FN3O2/c1-15-4-3-5-16(2)11-7-9(13)8(12(17)18)6-10(11)14/h6-7,15H,3-5,14H2,1-2H3,(H,17,18). The lowest BCUT2D eigenvalue weighted by Gasteiger charge is -2.21. The predicted octanol–water partition coefficient (Wildman–Crippen LogP) is 1.15. The van der Waals surface area contributed by atoms with Gasteiger partial charge in [-0.05, 0) is 26.1 Å². The topological polar surface area (TPSA) is 78.6 Å². The molecule has 0 bridgehead atoms. The number of nitrogens with one attached hydrogen (secondary N) is 1. The average Bonchev–Trinajstić information content (AvgIpc) is 2.31. The van der Waals surface area contributed by atoms with Crippen molar-refractivity contribution in [3.63, 3.8) is 0 Å². The summed E-state index contributed by atoms with van der Waals surface area (Å²) in [5.41, 5.74) is 6.12. The third-order valence-corrected chi connectivity index (χ3v) is 2.68. The first kappa shape index (κ1) is 14.2. The highest BCUT2D eigenvalue weighted by Crippen LogP contribution is 2.26. The summed E-state index contributed by atoms with van der Waals surface area (Å²) in [6, 6.07) is 2.32. The van der Waals surface area contributed by atoms with Crippen LogP contribution in [0.15, 0.2) is 12.1 Å². The van der Waals surface area contributed by atoms with Crippen LogP contribution in [0.1, 0.15) is 16.8 Å². The largest absolute Gasteiger partial charge is 0.478 e. The Labute approximate surface area is 105 Å². The van der Waals surface area contributed by atoms with Crippen molar-refractivity contribution in [1.29, 1.82) is 0 Å². The van der Waals surface area contributed by atoms with Gasteiger partial charge in [0.2, 0.25) is 0 Å². The average molecular weight is 255 g/mol. The van der Waals surface area contributed by atoms with Gasteiger partial charge in [-0.2, -0.15) is 0 Å². The molecule has 6 heteroatoms. The van der Waals surface area contributed by atoms with Crippen LogP contribution >= 0.6 is 0 Å². The molecule has 18 heavy (non-hydrogen) atoms. The molecule has 0 saturated heterocycles. The summed E-state index contributed by atoms with van der Waals surface area (Å²) in [6.45, 7) is 1.55. The minimum Gasteiger partial charge on any atom is -0.478 e. The van der Waals surface area contributed by atoms with E-state index in [1.165, 1.54) is 0 Å². The van der Waals surface area contributed by atoms with Gasteiger partial charge in [0.05, 0.1) is 16.9 Å². The molecule has 0 amide bonds. The predicted molar refractivity (Wildman–Crippen MR) is 69.6 cm³/mol. The lowest BCUT2D eigenvalue weighted by Crippen LogP contribution is -2.23. The Balaban J connectivity index is 2.90. The van der Waals surface area contributed by atoms with E-state index in [0.29, 0.717) is 12.2 Å². The van der Waals surface area contributed by atoms with Crippen molar-refractivity contribution in [2.24, 2.45) is 0 Å². The van der Waals surface area contributed by atoms with Gasteiger partial charge in [0.25, 0.3) is 0 Å². The molecule has 0 atom stereocenters. The van der Waals surface area contributed by atoms with Gasteiger partial charge in [0.15, 0.2) is 0 Å². The molecule has 0 aliphatic heterocycles. The summed E-state index contributed by atoms with van der Waals surface area (Å²) in [5, 5.41) is 11.8. The van der Waals surface area contributed by atoms with E-state index < -0.39 is 17.3 Å². The second-order valence-corrected chi connectivity index (χ2v) is 4.07. The van der Waals surface area contributed by atoms with E-state index in [4.69, 9.17) is 10.8 Å². The van der Waals surface area contributed by atoms with Crippen LogP contribution in [0.4, 0.5) is 15.8 Å². The number of halogens is 1. The first-order chi connectivity index (χ1) is 8.47. The van der Waals surface area contributed by atoms with Crippen molar-refractivity contribution in [2.75, 3.05) is 37.8 Å². The SMILES string of the molecule is CNCCCN(C)c1cc(F)c(C(=O)O)cc1N. The van der Waals surface area contributed by atoms with E-state index in [2.05, 4.69) is 5.32 Å². The molecule has 0 fully saturated rings. The van der Waals surface area contributed by atoms with Crippen LogP contribution in [-0.4, -0.2) is 38.3 Å². The zero-order valence-corrected chi connectivity index (χ0v) is 10.5. The molecule has 0 radical (unpaired) electrons. The molecule has 0 aliphatic rings. The van der Waals surface area contributed by atoms with Crippen LogP contribution < -0.4 is 16.0 Å². The number of nitrogen functional groups attached to an aromatic ring is 1. The van der Waals surface area contributed by atoms with Gasteiger partial charge in [-0.1, -0.05) is 0 Å². The number of nitrogens with zero attached hydrogens (tertiary/aromatic N) is 1. The number of rotatable bonds is 6. The quantitative estimate of drug-likeness (QED) is 0.525. The van der Waals surface area contributed by atoms with E-state index in [0.717, 1.165) is 25.1 Å². The molecule has 1 aromatic rings. The molecule has 1 aromatic carbocycles. The number of carboxylic acids is 1. The van der Waals surface area contributed by atoms with E-state index in [1.807, 2.05) is 7.05 Å². The summed E-state index contributed by atoms with van der Waals surface area (Å²) >= 11 is 0. The minimum atomic E-state index is -1.32. The zero-order valence-electron chi connectivity index (χ0n) is 10.5. The lowest BCUT2D eigenvalue weighted by atomic mass is 10.1. The van der Waals surface area contributed by atoms with Crippen molar-refractivity contribution in [2.45, 2.75) is 6.42 Å². The number of hydrogen-bond donors (Lipinski definition) is 3. The highest BCUT2D eigenvalue weighted by Gasteiger charge is 2.15. The number of aromatic carboxylic acids is 1. The third-order valence-electron chi connectivity index (χ3n) is 2.68. The molecule has 5 nitrogen and oxygen atoms in total. The van der Waals surface area contributed by atoms with Crippen molar-refractivity contribution in [1.82, 2.24) is 5.32 Å². The van der Waals surface area contributed by atoms with Crippen molar-refractivity contribution in [3.8, 4) is 0 Å². The Hall–Kier alpha value is -1.82. The number of hydrogen-bond acceptors (Lipinski definition) is 4. The van der Waals surface area contributed by atoms with E-state index >= 15 is 0 Å². The first-order valence-electron chi connectivity index (χ1n) is 5.65. The van der Waals surface area contributed by atoms with Crippen LogP contribution in [0.3, 0.4) is 0 Å².